The summed E-state index contributed by atoms with van der Waals surface area (Å²) in [6.07, 6.45) is 12.5. The average Bonchev–Trinajstić information content (AvgIpc) is 3.95. The van der Waals surface area contributed by atoms with Gasteiger partial charge < -0.3 is 20.3 Å². The lowest BCUT2D eigenvalue weighted by Gasteiger charge is -2.58. The van der Waals surface area contributed by atoms with E-state index in [9.17, 15) is 9.59 Å². The van der Waals surface area contributed by atoms with Crippen LogP contribution in [0.3, 0.4) is 0 Å². The summed E-state index contributed by atoms with van der Waals surface area (Å²) in [6.45, 7) is 7.41. The number of amides is 1. The van der Waals surface area contributed by atoms with Gasteiger partial charge in [0.2, 0.25) is 11.9 Å². The monoisotopic (exact) mass is 673 g/mol. The zero-order valence-electron chi connectivity index (χ0n) is 29.2. The molecule has 1 saturated heterocycles. The lowest BCUT2D eigenvalue weighted by Crippen LogP contribution is -2.55. The third-order valence-electron chi connectivity index (χ3n) is 12.2. The van der Waals surface area contributed by atoms with Gasteiger partial charge in [0.05, 0.1) is 18.5 Å². The molecule has 4 aromatic rings. The van der Waals surface area contributed by atoms with E-state index in [4.69, 9.17) is 9.72 Å². The number of fused-ring (bicyclic) bond motifs is 1. The predicted molar refractivity (Wildman–Crippen MR) is 197 cm³/mol. The number of hydrogen-bond donors (Lipinski definition) is 2. The molecule has 2 aromatic heterocycles. The molecule has 10 nitrogen and oxygen atoms in total. The van der Waals surface area contributed by atoms with Crippen molar-refractivity contribution < 1.29 is 9.53 Å². The zero-order chi connectivity index (χ0) is 34.0. The number of hydrogen-bond acceptors (Lipinski definition) is 8. The largest absolute Gasteiger partial charge is 0.494 e. The summed E-state index contributed by atoms with van der Waals surface area (Å²) in [4.78, 5) is 40.5. The van der Waals surface area contributed by atoms with E-state index in [1.54, 1.807) is 23.9 Å². The quantitative estimate of drug-likeness (QED) is 0.207. The third kappa shape index (κ3) is 6.01. The minimum absolute atomic E-state index is 0.0201. The van der Waals surface area contributed by atoms with Gasteiger partial charge in [0.25, 0.3) is 5.56 Å². The van der Waals surface area contributed by atoms with E-state index in [2.05, 4.69) is 37.6 Å². The molecule has 5 saturated carbocycles. The Balaban J connectivity index is 0.917. The van der Waals surface area contributed by atoms with Crippen LogP contribution < -0.4 is 25.8 Å². The van der Waals surface area contributed by atoms with Crippen molar-refractivity contribution in [3.63, 3.8) is 0 Å². The second kappa shape index (κ2) is 12.4. The van der Waals surface area contributed by atoms with Crippen LogP contribution in [0.5, 0.6) is 5.75 Å². The highest BCUT2D eigenvalue weighted by Crippen LogP contribution is 2.60. The molecule has 0 atom stereocenters. The molecule has 260 valence electrons. The Kier molecular flexibility index (Phi) is 7.82. The summed E-state index contributed by atoms with van der Waals surface area (Å²) in [5, 5.41) is 7.11. The van der Waals surface area contributed by atoms with Crippen LogP contribution >= 0.6 is 0 Å². The highest BCUT2D eigenvalue weighted by molar-refractivity contribution is 5.94. The molecule has 3 heterocycles. The summed E-state index contributed by atoms with van der Waals surface area (Å²) >= 11 is 0. The first-order valence-electron chi connectivity index (χ1n) is 18.5. The number of anilines is 4. The SMILES string of the molecule is COc1cc(N2CCN(CC34CC5CC(CC(C5)C3)C4)CC2)ccc1Nc1ncc2c(C)cc(=O)n(-c3cccc(NC(=O)C4CC4)c3)c2n1. The van der Waals surface area contributed by atoms with Crippen LogP contribution in [0.4, 0.5) is 23.0 Å². The molecule has 10 rings (SSSR count). The Morgan fingerprint density at radius 3 is 2.38 bits per heavy atom. The fourth-order valence-electron chi connectivity index (χ4n) is 10.1. The number of piperazine rings is 1. The molecule has 1 aliphatic heterocycles. The van der Waals surface area contributed by atoms with Crippen LogP contribution in [0.2, 0.25) is 0 Å². The predicted octanol–water partition coefficient (Wildman–Crippen LogP) is 6.53. The van der Waals surface area contributed by atoms with Crippen LogP contribution in [-0.2, 0) is 4.79 Å². The summed E-state index contributed by atoms with van der Waals surface area (Å²) in [7, 11) is 1.69. The summed E-state index contributed by atoms with van der Waals surface area (Å²) in [5.74, 6) is 4.18. The highest BCUT2D eigenvalue weighted by Gasteiger charge is 2.51. The van der Waals surface area contributed by atoms with Crippen molar-refractivity contribution in [2.75, 3.05) is 55.4 Å². The van der Waals surface area contributed by atoms with Gasteiger partial charge in [-0.2, -0.15) is 4.98 Å². The van der Waals surface area contributed by atoms with Crippen LogP contribution in [0.25, 0.3) is 16.7 Å². The molecule has 1 amide bonds. The fourth-order valence-corrected chi connectivity index (χ4v) is 10.1. The van der Waals surface area contributed by atoms with Crippen LogP contribution in [0, 0.1) is 36.0 Å². The number of benzene rings is 2. The van der Waals surface area contributed by atoms with Crippen molar-refractivity contribution in [3.05, 3.63) is 70.6 Å². The van der Waals surface area contributed by atoms with Crippen LogP contribution in [0.15, 0.2) is 59.5 Å². The number of ether oxygens (including phenoxy) is 1. The van der Waals surface area contributed by atoms with Gasteiger partial charge in [0, 0.05) is 73.7 Å². The third-order valence-corrected chi connectivity index (χ3v) is 12.2. The Labute approximate surface area is 293 Å². The number of pyridine rings is 1. The normalized spacial score (nSPS) is 26.0. The van der Waals surface area contributed by atoms with Gasteiger partial charge in [-0.05, 0) is 117 Å². The number of nitrogens with one attached hydrogen (secondary N) is 2. The maximum Gasteiger partial charge on any atom is 0.257 e. The van der Waals surface area contributed by atoms with Crippen LogP contribution in [0.1, 0.15) is 56.9 Å². The van der Waals surface area contributed by atoms with Crippen molar-refractivity contribution in [3.8, 4) is 11.4 Å². The fraction of sp³-hybridized carbons (Fsp3) is 0.500. The standard InChI is InChI=1S/C40H47N7O3/c1-25-14-36(48)47(32-5-3-4-30(18-32)42-38(49)29-6-7-29)37-33(25)23-41-39(44-37)43-34-9-8-31(19-35(34)50-2)46-12-10-45(11-13-46)24-40-20-26-15-27(21-40)17-28(16-26)22-40/h3-5,8-9,14,18-19,23,26-29H,6-7,10-13,15-17,20-22,24H2,1-2H3,(H,42,49)(H,41,43,44). The van der Waals surface area contributed by atoms with E-state index in [-0.39, 0.29) is 17.4 Å². The Bertz CT molecular complexity index is 1980. The van der Waals surface area contributed by atoms with E-state index in [0.717, 1.165) is 79.1 Å². The molecule has 0 unspecified atom stereocenters. The first kappa shape index (κ1) is 31.5. The molecule has 6 aliphatic rings. The summed E-state index contributed by atoms with van der Waals surface area (Å²) in [6, 6.07) is 15.2. The number of aromatic nitrogens is 3. The second-order valence-electron chi connectivity index (χ2n) is 15.9. The van der Waals surface area contributed by atoms with Crippen molar-refractivity contribution in [2.24, 2.45) is 29.1 Å². The molecule has 4 bridgehead atoms. The maximum absolute atomic E-state index is 13.4. The lowest BCUT2D eigenvalue weighted by atomic mass is 9.49. The molecule has 10 heteroatoms. The molecule has 0 spiro atoms. The van der Waals surface area contributed by atoms with Crippen LogP contribution in [-0.4, -0.2) is 65.2 Å². The molecule has 2 aromatic carbocycles. The topological polar surface area (TPSA) is 105 Å². The van der Waals surface area contributed by atoms with Gasteiger partial charge in [-0.1, -0.05) is 6.07 Å². The first-order chi connectivity index (χ1) is 24.3. The minimum Gasteiger partial charge on any atom is -0.494 e. The maximum atomic E-state index is 13.4. The summed E-state index contributed by atoms with van der Waals surface area (Å²) < 4.78 is 7.44. The smallest absolute Gasteiger partial charge is 0.257 e. The molecule has 2 N–H and O–H groups in total. The number of nitrogens with zero attached hydrogens (tertiary/aromatic N) is 5. The van der Waals surface area contributed by atoms with Gasteiger partial charge in [-0.3, -0.25) is 19.1 Å². The average molecular weight is 674 g/mol. The van der Waals surface area contributed by atoms with Crippen molar-refractivity contribution in [2.45, 2.75) is 58.3 Å². The molecule has 0 radical (unpaired) electrons. The Morgan fingerprint density at radius 2 is 1.68 bits per heavy atom. The number of carbonyl (C=O) groups is 1. The van der Waals surface area contributed by atoms with E-state index in [0.29, 0.717) is 34.1 Å². The van der Waals surface area contributed by atoms with Crippen molar-refractivity contribution >= 4 is 40.0 Å². The molecule has 6 fully saturated rings. The second-order valence-corrected chi connectivity index (χ2v) is 15.9. The Morgan fingerprint density at radius 1 is 0.940 bits per heavy atom. The van der Waals surface area contributed by atoms with Gasteiger partial charge >= 0.3 is 0 Å². The lowest BCUT2D eigenvalue weighted by molar-refractivity contribution is -0.117. The Hall–Kier alpha value is -4.44. The van der Waals surface area contributed by atoms with E-state index in [1.165, 1.54) is 45.1 Å². The molecular weight excluding hydrogens is 626 g/mol. The van der Waals surface area contributed by atoms with Crippen molar-refractivity contribution in [1.29, 1.82) is 0 Å². The van der Waals surface area contributed by atoms with E-state index in [1.807, 2.05) is 37.3 Å². The summed E-state index contributed by atoms with van der Waals surface area (Å²) in [5.41, 5.74) is 4.85. The van der Waals surface area contributed by atoms with Crippen molar-refractivity contribution in [1.82, 2.24) is 19.4 Å². The first-order valence-corrected chi connectivity index (χ1v) is 18.5. The molecular formula is C40H47N7O3. The number of rotatable bonds is 9. The molecule has 50 heavy (non-hydrogen) atoms. The molecule has 5 aliphatic carbocycles. The number of carbonyl (C=O) groups excluding carboxylic acids is 1. The van der Waals surface area contributed by atoms with E-state index < -0.39 is 0 Å². The van der Waals surface area contributed by atoms with Gasteiger partial charge in [-0.25, -0.2) is 4.98 Å². The van der Waals surface area contributed by atoms with Gasteiger partial charge in [0.15, 0.2) is 5.65 Å². The van der Waals surface area contributed by atoms with Gasteiger partial charge in [-0.15, -0.1) is 0 Å². The zero-order valence-corrected chi connectivity index (χ0v) is 29.2. The minimum atomic E-state index is -0.203. The van der Waals surface area contributed by atoms with E-state index >= 15 is 0 Å². The van der Waals surface area contributed by atoms with Gasteiger partial charge in [0.1, 0.15) is 5.75 Å². The number of aryl methyl sites for hydroxylation is 1. The highest BCUT2D eigenvalue weighted by atomic mass is 16.5. The number of methoxy groups -OCH3 is 1.